The van der Waals surface area contributed by atoms with Gasteiger partial charge in [0.1, 0.15) is 17.3 Å². The van der Waals surface area contributed by atoms with Gasteiger partial charge >= 0.3 is 5.97 Å². The Kier molecular flexibility index (Phi) is 2.47. The van der Waals surface area contributed by atoms with Crippen molar-refractivity contribution in [3.8, 4) is 11.4 Å². The molecule has 6 nitrogen and oxygen atoms in total. The Morgan fingerprint density at radius 3 is 3.11 bits per heavy atom. The summed E-state index contributed by atoms with van der Waals surface area (Å²) in [5.74, 6) is 0.969. The fraction of sp³-hybridized carbons (Fsp3) is 0.250. The van der Waals surface area contributed by atoms with Crippen molar-refractivity contribution in [2.75, 3.05) is 13.7 Å². The molecule has 0 aliphatic carbocycles. The van der Waals surface area contributed by atoms with Crippen LogP contribution in [0.25, 0.3) is 5.69 Å². The lowest BCUT2D eigenvalue weighted by Gasteiger charge is -2.06. The quantitative estimate of drug-likeness (QED) is 0.701. The minimum atomic E-state index is -0.533. The molecule has 0 amide bonds. The fourth-order valence-corrected chi connectivity index (χ4v) is 1.88. The summed E-state index contributed by atoms with van der Waals surface area (Å²) < 4.78 is 11.9. The molecular weight excluding hydrogens is 234 g/mol. The molecule has 6 heteroatoms. The Hall–Kier alpha value is -2.37. The van der Waals surface area contributed by atoms with Crippen molar-refractivity contribution in [3.05, 3.63) is 35.9 Å². The third-order valence-electron chi connectivity index (χ3n) is 2.72. The molecule has 1 aromatic carbocycles. The van der Waals surface area contributed by atoms with Crippen molar-refractivity contribution in [2.24, 2.45) is 0 Å². The van der Waals surface area contributed by atoms with Crippen LogP contribution in [0.2, 0.25) is 0 Å². The van der Waals surface area contributed by atoms with Crippen LogP contribution in [0.4, 0.5) is 0 Å². The maximum absolute atomic E-state index is 11.4. The van der Waals surface area contributed by atoms with Crippen molar-refractivity contribution in [1.29, 1.82) is 0 Å². The normalized spacial score (nSPS) is 12.9. The summed E-state index contributed by atoms with van der Waals surface area (Å²) in [4.78, 5) is 15.6. The number of fused-ring (bicyclic) bond motifs is 3. The molecule has 1 aliphatic rings. The average molecular weight is 245 g/mol. The molecule has 0 N–H and O–H groups in total. The molecule has 0 bridgehead atoms. The van der Waals surface area contributed by atoms with E-state index in [9.17, 15) is 4.79 Å². The number of benzene rings is 1. The number of hydrogen-bond donors (Lipinski definition) is 0. The molecule has 0 spiro atoms. The molecule has 92 valence electrons. The third-order valence-corrected chi connectivity index (χ3v) is 2.72. The zero-order valence-corrected chi connectivity index (χ0v) is 9.79. The first kappa shape index (κ1) is 10.8. The van der Waals surface area contributed by atoms with Crippen molar-refractivity contribution < 1.29 is 14.3 Å². The molecule has 0 saturated heterocycles. The lowest BCUT2D eigenvalue weighted by molar-refractivity contribution is 0.0586. The highest BCUT2D eigenvalue weighted by Crippen LogP contribution is 2.25. The maximum atomic E-state index is 11.4. The highest BCUT2D eigenvalue weighted by Gasteiger charge is 2.21. The Bertz CT molecular complexity index is 606. The second-order valence-corrected chi connectivity index (χ2v) is 3.82. The number of ether oxygens (including phenoxy) is 2. The van der Waals surface area contributed by atoms with Gasteiger partial charge in [0, 0.05) is 6.42 Å². The number of hydrogen-bond acceptors (Lipinski definition) is 5. The summed E-state index contributed by atoms with van der Waals surface area (Å²) in [7, 11) is 1.31. The van der Waals surface area contributed by atoms with E-state index < -0.39 is 5.97 Å². The molecule has 0 fully saturated rings. The molecule has 0 atom stereocenters. The van der Waals surface area contributed by atoms with Crippen molar-refractivity contribution in [2.45, 2.75) is 6.42 Å². The van der Waals surface area contributed by atoms with Crippen LogP contribution in [0, 0.1) is 0 Å². The molecule has 0 radical (unpaired) electrons. The van der Waals surface area contributed by atoms with Gasteiger partial charge in [-0.25, -0.2) is 14.5 Å². The molecule has 2 heterocycles. The number of rotatable bonds is 1. The maximum Gasteiger partial charge on any atom is 0.377 e. The predicted octanol–water partition coefficient (Wildman–Crippen LogP) is 0.989. The van der Waals surface area contributed by atoms with Crippen LogP contribution >= 0.6 is 0 Å². The van der Waals surface area contributed by atoms with Crippen LogP contribution in [0.5, 0.6) is 5.75 Å². The Morgan fingerprint density at radius 2 is 2.28 bits per heavy atom. The van der Waals surface area contributed by atoms with Crippen molar-refractivity contribution >= 4 is 5.97 Å². The molecule has 1 aromatic heterocycles. The molecule has 2 aromatic rings. The van der Waals surface area contributed by atoms with Crippen LogP contribution < -0.4 is 4.74 Å². The number of carbonyl (C=O) groups is 1. The lowest BCUT2D eigenvalue weighted by Crippen LogP contribution is -2.05. The summed E-state index contributed by atoms with van der Waals surface area (Å²) in [6.45, 7) is 0.510. The van der Waals surface area contributed by atoms with Gasteiger partial charge in [-0.15, -0.1) is 5.10 Å². The monoisotopic (exact) mass is 245 g/mol. The summed E-state index contributed by atoms with van der Waals surface area (Å²) >= 11 is 0. The molecule has 18 heavy (non-hydrogen) atoms. The number of methoxy groups -OCH3 is 1. The van der Waals surface area contributed by atoms with Crippen LogP contribution in [-0.2, 0) is 11.2 Å². The number of nitrogens with zero attached hydrogens (tertiary/aromatic N) is 3. The molecule has 1 aliphatic heterocycles. The Morgan fingerprint density at radius 1 is 1.44 bits per heavy atom. The Balaban J connectivity index is 2.15. The minimum Gasteiger partial charge on any atom is -0.491 e. The number of carbonyl (C=O) groups excluding carboxylic acids is 1. The van der Waals surface area contributed by atoms with E-state index in [2.05, 4.69) is 14.8 Å². The highest BCUT2D eigenvalue weighted by atomic mass is 16.5. The van der Waals surface area contributed by atoms with Crippen LogP contribution in [0.3, 0.4) is 0 Å². The largest absolute Gasteiger partial charge is 0.491 e. The first-order valence-electron chi connectivity index (χ1n) is 5.56. The lowest BCUT2D eigenvalue weighted by atomic mass is 10.3. The summed E-state index contributed by atoms with van der Waals surface area (Å²) in [5, 5.41) is 4.17. The van der Waals surface area contributed by atoms with Gasteiger partial charge in [-0.3, -0.25) is 0 Å². The number of aromatic nitrogens is 3. The van der Waals surface area contributed by atoms with Gasteiger partial charge < -0.3 is 9.47 Å². The van der Waals surface area contributed by atoms with E-state index in [4.69, 9.17) is 4.74 Å². The fourth-order valence-electron chi connectivity index (χ4n) is 1.88. The zero-order chi connectivity index (χ0) is 12.5. The molecule has 3 rings (SSSR count). The smallest absolute Gasteiger partial charge is 0.377 e. The van der Waals surface area contributed by atoms with E-state index in [0.717, 1.165) is 11.4 Å². The molecule has 0 saturated carbocycles. The summed E-state index contributed by atoms with van der Waals surface area (Å²) in [5.41, 5.74) is 0.785. The standard InChI is InChI=1S/C12H11N3O3/c1-17-12(16)11-13-10-6-7-18-9-5-3-2-4-8(9)15(10)14-11/h2-5H,6-7H2,1H3. The minimum absolute atomic E-state index is 0.0733. The van der Waals surface area contributed by atoms with E-state index in [-0.39, 0.29) is 5.82 Å². The third kappa shape index (κ3) is 1.62. The Labute approximate surface area is 103 Å². The average Bonchev–Trinajstić information content (AvgIpc) is 2.75. The number of esters is 1. The van der Waals surface area contributed by atoms with Crippen LogP contribution in [-0.4, -0.2) is 34.5 Å². The van der Waals surface area contributed by atoms with Gasteiger partial charge in [0.15, 0.2) is 0 Å². The van der Waals surface area contributed by atoms with Gasteiger partial charge in [0.2, 0.25) is 0 Å². The topological polar surface area (TPSA) is 66.2 Å². The van der Waals surface area contributed by atoms with Gasteiger partial charge in [0.05, 0.1) is 13.7 Å². The summed E-state index contributed by atoms with van der Waals surface area (Å²) in [6.07, 6.45) is 0.596. The zero-order valence-electron chi connectivity index (χ0n) is 9.79. The second kappa shape index (κ2) is 4.14. The van der Waals surface area contributed by atoms with Crippen molar-refractivity contribution in [1.82, 2.24) is 14.8 Å². The van der Waals surface area contributed by atoms with Crippen molar-refractivity contribution in [3.63, 3.8) is 0 Å². The van der Waals surface area contributed by atoms with Crippen LogP contribution in [0.15, 0.2) is 24.3 Å². The summed E-state index contributed by atoms with van der Waals surface area (Å²) in [6, 6.07) is 7.52. The predicted molar refractivity (Wildman–Crippen MR) is 61.9 cm³/mol. The first-order valence-corrected chi connectivity index (χ1v) is 5.56. The molecular formula is C12H11N3O3. The van der Waals surface area contributed by atoms with Gasteiger partial charge in [-0.1, -0.05) is 12.1 Å². The first-order chi connectivity index (χ1) is 8.79. The number of para-hydroxylation sites is 2. The van der Waals surface area contributed by atoms with E-state index in [1.165, 1.54) is 7.11 Å². The highest BCUT2D eigenvalue weighted by molar-refractivity contribution is 5.85. The van der Waals surface area contributed by atoms with Gasteiger partial charge in [-0.2, -0.15) is 0 Å². The second-order valence-electron chi connectivity index (χ2n) is 3.82. The SMILES string of the molecule is COC(=O)c1nc2n(n1)-c1ccccc1OCC2. The van der Waals surface area contributed by atoms with E-state index in [0.29, 0.717) is 18.9 Å². The van der Waals surface area contributed by atoms with E-state index in [1.807, 2.05) is 24.3 Å². The van der Waals surface area contributed by atoms with Gasteiger partial charge in [-0.05, 0) is 12.1 Å². The van der Waals surface area contributed by atoms with E-state index >= 15 is 0 Å². The van der Waals surface area contributed by atoms with E-state index in [1.54, 1.807) is 4.68 Å². The van der Waals surface area contributed by atoms with Crippen LogP contribution in [0.1, 0.15) is 16.4 Å². The molecule has 0 unspecified atom stereocenters. The van der Waals surface area contributed by atoms with Gasteiger partial charge in [0.25, 0.3) is 5.82 Å².